The number of fused-ring (bicyclic) bond motifs is 1. The first kappa shape index (κ1) is 18.4. The van der Waals surface area contributed by atoms with E-state index in [1.807, 2.05) is 51.1 Å². The standard InChI is InChI=1S/C23H25N3O2/c1-14-9-12-20(15(2)13-14)26-21(16(3)25(4)22(27)17-10-11-17)24-19-8-6-5-7-18(19)23(26)28/h5-9,12-13,16-17H,10-11H2,1-4H3. The van der Waals surface area contributed by atoms with Crippen LogP contribution in [0.4, 0.5) is 0 Å². The van der Waals surface area contributed by atoms with Crippen LogP contribution in [0.2, 0.25) is 0 Å². The van der Waals surface area contributed by atoms with E-state index in [9.17, 15) is 9.59 Å². The van der Waals surface area contributed by atoms with Gasteiger partial charge in [-0.15, -0.1) is 0 Å². The van der Waals surface area contributed by atoms with Crippen LogP contribution in [0.15, 0.2) is 47.3 Å². The Hall–Kier alpha value is -2.95. The fourth-order valence-corrected chi connectivity index (χ4v) is 3.70. The lowest BCUT2D eigenvalue weighted by atomic mass is 10.1. The largest absolute Gasteiger partial charge is 0.336 e. The van der Waals surface area contributed by atoms with Crippen molar-refractivity contribution >= 4 is 16.8 Å². The van der Waals surface area contributed by atoms with Crippen molar-refractivity contribution in [3.8, 4) is 5.69 Å². The van der Waals surface area contributed by atoms with E-state index in [4.69, 9.17) is 4.98 Å². The van der Waals surface area contributed by atoms with E-state index in [0.717, 1.165) is 29.7 Å². The normalized spacial score (nSPS) is 14.9. The van der Waals surface area contributed by atoms with Crippen LogP contribution in [0.5, 0.6) is 0 Å². The molecule has 1 atom stereocenters. The van der Waals surface area contributed by atoms with Crippen LogP contribution in [-0.2, 0) is 4.79 Å². The molecule has 1 unspecified atom stereocenters. The molecule has 4 rings (SSSR count). The van der Waals surface area contributed by atoms with Gasteiger partial charge in [0.05, 0.1) is 22.6 Å². The fourth-order valence-electron chi connectivity index (χ4n) is 3.70. The molecule has 1 aromatic heterocycles. The minimum Gasteiger partial charge on any atom is -0.336 e. The predicted molar refractivity (Wildman–Crippen MR) is 111 cm³/mol. The van der Waals surface area contributed by atoms with Gasteiger partial charge in [0.2, 0.25) is 5.91 Å². The summed E-state index contributed by atoms with van der Waals surface area (Å²) >= 11 is 0. The molecule has 1 aliphatic carbocycles. The molecular formula is C23H25N3O2. The first-order valence-electron chi connectivity index (χ1n) is 9.74. The fraction of sp³-hybridized carbons (Fsp3) is 0.348. The van der Waals surface area contributed by atoms with Gasteiger partial charge in [-0.05, 0) is 57.4 Å². The number of carbonyl (C=O) groups excluding carboxylic acids is 1. The van der Waals surface area contributed by atoms with E-state index in [1.54, 1.807) is 22.6 Å². The summed E-state index contributed by atoms with van der Waals surface area (Å²) in [6.45, 7) is 5.97. The minimum absolute atomic E-state index is 0.105. The molecular weight excluding hydrogens is 350 g/mol. The Balaban J connectivity index is 1.95. The van der Waals surface area contributed by atoms with Crippen molar-refractivity contribution < 1.29 is 4.79 Å². The molecule has 5 nitrogen and oxygen atoms in total. The summed E-state index contributed by atoms with van der Waals surface area (Å²) in [5.41, 5.74) is 3.50. The zero-order chi connectivity index (χ0) is 20.0. The van der Waals surface area contributed by atoms with Gasteiger partial charge in [0.1, 0.15) is 5.82 Å². The van der Waals surface area contributed by atoms with E-state index in [1.165, 1.54) is 0 Å². The van der Waals surface area contributed by atoms with Crippen LogP contribution in [0.1, 0.15) is 42.8 Å². The van der Waals surface area contributed by atoms with Gasteiger partial charge in [-0.1, -0.05) is 29.8 Å². The second-order valence-electron chi connectivity index (χ2n) is 7.82. The second kappa shape index (κ2) is 6.89. The van der Waals surface area contributed by atoms with Crippen LogP contribution in [0, 0.1) is 19.8 Å². The number of amides is 1. The van der Waals surface area contributed by atoms with Crippen LogP contribution in [0.3, 0.4) is 0 Å². The highest BCUT2D eigenvalue weighted by Gasteiger charge is 2.35. The molecule has 5 heteroatoms. The molecule has 1 heterocycles. The van der Waals surface area contributed by atoms with Crippen molar-refractivity contribution in [2.24, 2.45) is 5.92 Å². The molecule has 0 radical (unpaired) electrons. The summed E-state index contributed by atoms with van der Waals surface area (Å²) in [6.07, 6.45) is 1.90. The summed E-state index contributed by atoms with van der Waals surface area (Å²) in [7, 11) is 1.80. The Labute approximate surface area is 164 Å². The monoisotopic (exact) mass is 375 g/mol. The van der Waals surface area contributed by atoms with E-state index in [0.29, 0.717) is 16.7 Å². The number of aryl methyl sites for hydroxylation is 2. The highest BCUT2D eigenvalue weighted by molar-refractivity contribution is 5.81. The summed E-state index contributed by atoms with van der Waals surface area (Å²) in [4.78, 5) is 32.6. The van der Waals surface area contributed by atoms with E-state index >= 15 is 0 Å². The Morgan fingerprint density at radius 3 is 2.57 bits per heavy atom. The molecule has 0 bridgehead atoms. The number of rotatable bonds is 4. The number of nitrogens with zero attached hydrogens (tertiary/aromatic N) is 3. The quantitative estimate of drug-likeness (QED) is 0.694. The number of hydrogen-bond donors (Lipinski definition) is 0. The molecule has 1 amide bonds. The highest BCUT2D eigenvalue weighted by Crippen LogP contribution is 2.33. The van der Waals surface area contributed by atoms with Gasteiger partial charge < -0.3 is 4.90 Å². The third-order valence-corrected chi connectivity index (χ3v) is 5.62. The van der Waals surface area contributed by atoms with Crippen molar-refractivity contribution in [3.05, 3.63) is 69.8 Å². The SMILES string of the molecule is Cc1ccc(-n2c(C(C)N(C)C(=O)C3CC3)nc3ccccc3c2=O)c(C)c1. The smallest absolute Gasteiger partial charge is 0.266 e. The molecule has 2 aromatic carbocycles. The third kappa shape index (κ3) is 3.11. The van der Waals surface area contributed by atoms with Gasteiger partial charge in [0.15, 0.2) is 0 Å². The van der Waals surface area contributed by atoms with Gasteiger partial charge in [0, 0.05) is 13.0 Å². The Kier molecular flexibility index (Phi) is 4.53. The van der Waals surface area contributed by atoms with Crippen LogP contribution in [0.25, 0.3) is 16.6 Å². The van der Waals surface area contributed by atoms with Crippen LogP contribution < -0.4 is 5.56 Å². The van der Waals surface area contributed by atoms with Crippen molar-refractivity contribution in [3.63, 3.8) is 0 Å². The number of aromatic nitrogens is 2. The molecule has 1 aliphatic rings. The molecule has 0 spiro atoms. The maximum Gasteiger partial charge on any atom is 0.266 e. The van der Waals surface area contributed by atoms with E-state index in [2.05, 4.69) is 6.07 Å². The third-order valence-electron chi connectivity index (χ3n) is 5.62. The molecule has 144 valence electrons. The van der Waals surface area contributed by atoms with Crippen LogP contribution in [-0.4, -0.2) is 27.4 Å². The molecule has 1 saturated carbocycles. The summed E-state index contributed by atoms with van der Waals surface area (Å²) in [5.74, 6) is 0.837. The van der Waals surface area contributed by atoms with Gasteiger partial charge in [0.25, 0.3) is 5.56 Å². The molecule has 0 saturated heterocycles. The molecule has 1 fully saturated rings. The zero-order valence-electron chi connectivity index (χ0n) is 16.8. The topological polar surface area (TPSA) is 55.2 Å². The first-order chi connectivity index (χ1) is 13.4. The molecule has 0 N–H and O–H groups in total. The molecule has 3 aromatic rings. The number of carbonyl (C=O) groups is 1. The van der Waals surface area contributed by atoms with Crippen LogP contribution >= 0.6 is 0 Å². The van der Waals surface area contributed by atoms with E-state index in [-0.39, 0.29) is 23.4 Å². The maximum atomic E-state index is 13.4. The number of benzene rings is 2. The zero-order valence-corrected chi connectivity index (χ0v) is 16.8. The second-order valence-corrected chi connectivity index (χ2v) is 7.82. The maximum absolute atomic E-state index is 13.4. The van der Waals surface area contributed by atoms with Crippen molar-refractivity contribution in [1.82, 2.24) is 14.5 Å². The number of para-hydroxylation sites is 1. The lowest BCUT2D eigenvalue weighted by Crippen LogP contribution is -2.35. The van der Waals surface area contributed by atoms with Gasteiger partial charge in [-0.3, -0.25) is 14.2 Å². The van der Waals surface area contributed by atoms with Gasteiger partial charge >= 0.3 is 0 Å². The van der Waals surface area contributed by atoms with Crippen molar-refractivity contribution in [2.75, 3.05) is 7.05 Å². The Morgan fingerprint density at radius 1 is 1.18 bits per heavy atom. The minimum atomic E-state index is -0.314. The lowest BCUT2D eigenvalue weighted by molar-refractivity contribution is -0.133. The number of hydrogen-bond acceptors (Lipinski definition) is 3. The van der Waals surface area contributed by atoms with E-state index < -0.39 is 0 Å². The average Bonchev–Trinajstić information content (AvgIpc) is 3.52. The van der Waals surface area contributed by atoms with Gasteiger partial charge in [-0.2, -0.15) is 0 Å². The average molecular weight is 375 g/mol. The van der Waals surface area contributed by atoms with Crippen molar-refractivity contribution in [1.29, 1.82) is 0 Å². The first-order valence-corrected chi connectivity index (χ1v) is 9.74. The predicted octanol–water partition coefficient (Wildman–Crippen LogP) is 3.93. The molecule has 28 heavy (non-hydrogen) atoms. The molecule has 0 aliphatic heterocycles. The van der Waals surface area contributed by atoms with Gasteiger partial charge in [-0.25, -0.2) is 4.98 Å². The summed E-state index contributed by atoms with van der Waals surface area (Å²) in [5, 5.41) is 0.578. The summed E-state index contributed by atoms with van der Waals surface area (Å²) in [6, 6.07) is 13.1. The van der Waals surface area contributed by atoms with Crippen molar-refractivity contribution in [2.45, 2.75) is 39.7 Å². The lowest BCUT2D eigenvalue weighted by Gasteiger charge is -2.27. The summed E-state index contributed by atoms with van der Waals surface area (Å²) < 4.78 is 1.68. The highest BCUT2D eigenvalue weighted by atomic mass is 16.2. The Morgan fingerprint density at radius 2 is 1.89 bits per heavy atom. The Bertz CT molecular complexity index is 1130.